The predicted molar refractivity (Wildman–Crippen MR) is 94.4 cm³/mol. The Bertz CT molecular complexity index is 886. The SMILES string of the molecule is COCCNC(=O)c1ccccc1NS(=O)(=O)c1cc(F)ccc1OC. The highest BCUT2D eigenvalue weighted by molar-refractivity contribution is 7.92. The van der Waals surface area contributed by atoms with Crippen LogP contribution in [-0.2, 0) is 14.8 Å². The van der Waals surface area contributed by atoms with Gasteiger partial charge in [0.1, 0.15) is 16.5 Å². The number of methoxy groups -OCH3 is 2. The fraction of sp³-hybridized carbons (Fsp3) is 0.235. The van der Waals surface area contributed by atoms with Crippen LogP contribution in [0.3, 0.4) is 0 Å². The van der Waals surface area contributed by atoms with Crippen molar-refractivity contribution in [3.8, 4) is 5.75 Å². The van der Waals surface area contributed by atoms with E-state index in [1.165, 1.54) is 32.4 Å². The van der Waals surface area contributed by atoms with Crippen LogP contribution in [0.4, 0.5) is 10.1 Å². The van der Waals surface area contributed by atoms with E-state index in [-0.39, 0.29) is 28.4 Å². The molecule has 2 aromatic carbocycles. The standard InChI is InChI=1S/C17H19FN2O5S/c1-24-10-9-19-17(21)13-5-3-4-6-14(13)20-26(22,23)16-11-12(18)7-8-15(16)25-2/h3-8,11,20H,9-10H2,1-2H3,(H,19,21). The molecule has 9 heteroatoms. The largest absolute Gasteiger partial charge is 0.495 e. The van der Waals surface area contributed by atoms with Crippen LogP contribution >= 0.6 is 0 Å². The number of anilines is 1. The maximum absolute atomic E-state index is 13.5. The van der Waals surface area contributed by atoms with Crippen LogP contribution in [0.25, 0.3) is 0 Å². The van der Waals surface area contributed by atoms with Crippen molar-refractivity contribution in [1.82, 2.24) is 5.32 Å². The van der Waals surface area contributed by atoms with Gasteiger partial charge in [0, 0.05) is 13.7 Å². The van der Waals surface area contributed by atoms with Gasteiger partial charge in [-0.3, -0.25) is 9.52 Å². The maximum Gasteiger partial charge on any atom is 0.265 e. The van der Waals surface area contributed by atoms with E-state index < -0.39 is 21.7 Å². The molecule has 2 aromatic rings. The number of ether oxygens (including phenoxy) is 2. The zero-order chi connectivity index (χ0) is 19.2. The lowest BCUT2D eigenvalue weighted by Crippen LogP contribution is -2.28. The summed E-state index contributed by atoms with van der Waals surface area (Å²) in [6.45, 7) is 0.592. The molecule has 0 aromatic heterocycles. The van der Waals surface area contributed by atoms with Gasteiger partial charge in [-0.1, -0.05) is 12.1 Å². The van der Waals surface area contributed by atoms with Gasteiger partial charge in [-0.05, 0) is 30.3 Å². The van der Waals surface area contributed by atoms with E-state index >= 15 is 0 Å². The maximum atomic E-state index is 13.5. The van der Waals surface area contributed by atoms with E-state index in [2.05, 4.69) is 10.0 Å². The number of para-hydroxylation sites is 1. The van der Waals surface area contributed by atoms with Gasteiger partial charge in [0.25, 0.3) is 15.9 Å². The third kappa shape index (κ3) is 4.70. The number of benzene rings is 2. The first-order valence-electron chi connectivity index (χ1n) is 7.61. The van der Waals surface area contributed by atoms with Crippen LogP contribution in [-0.4, -0.2) is 41.7 Å². The predicted octanol–water partition coefficient (Wildman–Crippen LogP) is 2.01. The molecule has 26 heavy (non-hydrogen) atoms. The first-order chi connectivity index (χ1) is 12.4. The summed E-state index contributed by atoms with van der Waals surface area (Å²) in [4.78, 5) is 11.9. The third-order valence-corrected chi connectivity index (χ3v) is 4.81. The first kappa shape index (κ1) is 19.7. The van der Waals surface area contributed by atoms with Crippen molar-refractivity contribution in [3.05, 3.63) is 53.8 Å². The molecule has 0 unspecified atom stereocenters. The Labute approximate surface area is 151 Å². The zero-order valence-corrected chi connectivity index (χ0v) is 15.1. The molecule has 0 radical (unpaired) electrons. The number of nitrogens with one attached hydrogen (secondary N) is 2. The zero-order valence-electron chi connectivity index (χ0n) is 14.3. The van der Waals surface area contributed by atoms with Crippen molar-refractivity contribution in [3.63, 3.8) is 0 Å². The molecule has 0 aliphatic carbocycles. The Morgan fingerprint density at radius 2 is 1.88 bits per heavy atom. The smallest absolute Gasteiger partial charge is 0.265 e. The summed E-state index contributed by atoms with van der Waals surface area (Å²) in [5, 5.41) is 2.61. The van der Waals surface area contributed by atoms with E-state index in [9.17, 15) is 17.6 Å². The quantitative estimate of drug-likeness (QED) is 0.681. The van der Waals surface area contributed by atoms with Crippen LogP contribution in [0.15, 0.2) is 47.4 Å². The van der Waals surface area contributed by atoms with Crippen LogP contribution in [0.5, 0.6) is 5.75 Å². The van der Waals surface area contributed by atoms with Crippen LogP contribution in [0.2, 0.25) is 0 Å². The Balaban J connectivity index is 2.33. The fourth-order valence-electron chi connectivity index (χ4n) is 2.19. The fourth-order valence-corrected chi connectivity index (χ4v) is 3.45. The van der Waals surface area contributed by atoms with E-state index in [0.717, 1.165) is 12.1 Å². The molecule has 0 saturated carbocycles. The molecular weight excluding hydrogens is 363 g/mol. The number of hydrogen-bond acceptors (Lipinski definition) is 5. The molecule has 0 saturated heterocycles. The van der Waals surface area contributed by atoms with E-state index in [0.29, 0.717) is 6.61 Å². The average molecular weight is 382 g/mol. The van der Waals surface area contributed by atoms with Crippen molar-refractivity contribution in [1.29, 1.82) is 0 Å². The molecule has 7 nitrogen and oxygen atoms in total. The lowest BCUT2D eigenvalue weighted by molar-refractivity contribution is 0.0938. The van der Waals surface area contributed by atoms with E-state index in [4.69, 9.17) is 9.47 Å². The molecule has 0 aliphatic heterocycles. The van der Waals surface area contributed by atoms with Gasteiger partial charge in [-0.25, -0.2) is 12.8 Å². The minimum absolute atomic E-state index is 0.0130. The number of carbonyl (C=O) groups is 1. The molecule has 0 heterocycles. The normalized spacial score (nSPS) is 11.0. The minimum Gasteiger partial charge on any atom is -0.495 e. The lowest BCUT2D eigenvalue weighted by Gasteiger charge is -2.14. The van der Waals surface area contributed by atoms with Gasteiger partial charge >= 0.3 is 0 Å². The Morgan fingerprint density at radius 3 is 2.58 bits per heavy atom. The second-order valence-electron chi connectivity index (χ2n) is 5.19. The molecule has 140 valence electrons. The summed E-state index contributed by atoms with van der Waals surface area (Å²) >= 11 is 0. The molecule has 1 amide bonds. The van der Waals surface area contributed by atoms with Crippen LogP contribution < -0.4 is 14.8 Å². The van der Waals surface area contributed by atoms with Crippen molar-refractivity contribution in [2.45, 2.75) is 4.90 Å². The molecule has 0 atom stereocenters. The van der Waals surface area contributed by atoms with E-state index in [1.54, 1.807) is 12.1 Å². The highest BCUT2D eigenvalue weighted by Crippen LogP contribution is 2.27. The second-order valence-corrected chi connectivity index (χ2v) is 6.85. The molecule has 0 aliphatic rings. The number of rotatable bonds is 8. The van der Waals surface area contributed by atoms with Gasteiger partial charge in [0.15, 0.2) is 0 Å². The summed E-state index contributed by atoms with van der Waals surface area (Å²) in [5.41, 5.74) is 0.191. The summed E-state index contributed by atoms with van der Waals surface area (Å²) in [6, 6.07) is 9.25. The molecule has 0 bridgehead atoms. The molecular formula is C17H19FN2O5S. The van der Waals surface area contributed by atoms with Gasteiger partial charge < -0.3 is 14.8 Å². The molecule has 2 rings (SSSR count). The van der Waals surface area contributed by atoms with Crippen molar-refractivity contribution in [2.75, 3.05) is 32.1 Å². The summed E-state index contributed by atoms with van der Waals surface area (Å²) in [5.74, 6) is -1.20. The lowest BCUT2D eigenvalue weighted by atomic mass is 10.2. The monoisotopic (exact) mass is 382 g/mol. The molecule has 0 spiro atoms. The molecule has 0 fully saturated rings. The third-order valence-electron chi connectivity index (χ3n) is 3.42. The van der Waals surface area contributed by atoms with Gasteiger partial charge in [-0.2, -0.15) is 0 Å². The average Bonchev–Trinajstić information content (AvgIpc) is 2.62. The minimum atomic E-state index is -4.18. The summed E-state index contributed by atoms with van der Waals surface area (Å²) < 4.78 is 51.0. The topological polar surface area (TPSA) is 93.7 Å². The number of halogens is 1. The molecule has 2 N–H and O–H groups in total. The van der Waals surface area contributed by atoms with Crippen LogP contribution in [0.1, 0.15) is 10.4 Å². The van der Waals surface area contributed by atoms with Crippen molar-refractivity contribution >= 4 is 21.6 Å². The van der Waals surface area contributed by atoms with Crippen molar-refractivity contribution in [2.24, 2.45) is 0 Å². The van der Waals surface area contributed by atoms with Gasteiger partial charge in [0.2, 0.25) is 0 Å². The second kappa shape index (κ2) is 8.63. The van der Waals surface area contributed by atoms with Gasteiger partial charge in [-0.15, -0.1) is 0 Å². The number of sulfonamides is 1. The number of amides is 1. The summed E-state index contributed by atoms with van der Waals surface area (Å²) in [7, 11) is -1.40. The number of hydrogen-bond donors (Lipinski definition) is 2. The van der Waals surface area contributed by atoms with Crippen LogP contribution in [0, 0.1) is 5.82 Å². The van der Waals surface area contributed by atoms with Crippen molar-refractivity contribution < 1.29 is 27.1 Å². The number of carbonyl (C=O) groups excluding carboxylic acids is 1. The Kier molecular flexibility index (Phi) is 6.53. The van der Waals surface area contributed by atoms with E-state index in [1.807, 2.05) is 0 Å². The highest BCUT2D eigenvalue weighted by atomic mass is 32.2. The Morgan fingerprint density at radius 1 is 1.15 bits per heavy atom. The van der Waals surface area contributed by atoms with Gasteiger partial charge in [0.05, 0.1) is 25.0 Å². The Hall–Kier alpha value is -2.65. The summed E-state index contributed by atoms with van der Waals surface area (Å²) in [6.07, 6.45) is 0. The highest BCUT2D eigenvalue weighted by Gasteiger charge is 2.23. The first-order valence-corrected chi connectivity index (χ1v) is 9.10.